The average molecular weight is 245 g/mol. The fraction of sp³-hybridized carbons (Fsp3) is 0.500. The van der Waals surface area contributed by atoms with Crippen molar-refractivity contribution in [2.45, 2.75) is 38.2 Å². The van der Waals surface area contributed by atoms with E-state index in [4.69, 9.17) is 23.2 Å². The third kappa shape index (κ3) is 2.01. The van der Waals surface area contributed by atoms with Crippen molar-refractivity contribution in [1.29, 1.82) is 0 Å². The Morgan fingerprint density at radius 1 is 1.20 bits per heavy atom. The van der Waals surface area contributed by atoms with E-state index in [0.717, 1.165) is 36.8 Å². The van der Waals surface area contributed by atoms with Gasteiger partial charge in [0.25, 0.3) is 0 Å². The largest absolute Gasteiger partial charge is 0.385 e. The normalized spacial score (nSPS) is 19.5. The topological polar surface area (TPSA) is 20.2 Å². The highest BCUT2D eigenvalue weighted by Crippen LogP contribution is 2.42. The molecule has 0 radical (unpaired) electrons. The van der Waals surface area contributed by atoms with Crippen LogP contribution in [0.4, 0.5) is 0 Å². The lowest BCUT2D eigenvalue weighted by molar-refractivity contribution is 0.0438. The summed E-state index contributed by atoms with van der Waals surface area (Å²) < 4.78 is 0. The fourth-order valence-electron chi connectivity index (χ4n) is 2.36. The molecule has 0 bridgehead atoms. The molecule has 0 unspecified atom stereocenters. The van der Waals surface area contributed by atoms with Crippen LogP contribution in [0.5, 0.6) is 0 Å². The molecule has 0 heterocycles. The van der Waals surface area contributed by atoms with Crippen LogP contribution in [0.1, 0.15) is 36.8 Å². The molecule has 82 valence electrons. The molecule has 0 aliphatic heterocycles. The minimum atomic E-state index is -0.710. The molecule has 0 spiro atoms. The van der Waals surface area contributed by atoms with Crippen LogP contribution < -0.4 is 0 Å². The van der Waals surface area contributed by atoms with Crippen molar-refractivity contribution in [3.8, 4) is 0 Å². The molecule has 3 heteroatoms. The van der Waals surface area contributed by atoms with Crippen LogP contribution in [0.15, 0.2) is 12.1 Å². The minimum Gasteiger partial charge on any atom is -0.385 e. The van der Waals surface area contributed by atoms with Crippen LogP contribution in [-0.4, -0.2) is 5.11 Å². The molecule has 1 fully saturated rings. The van der Waals surface area contributed by atoms with Gasteiger partial charge in [0.05, 0.1) is 5.60 Å². The third-order valence-electron chi connectivity index (χ3n) is 3.24. The molecule has 1 aromatic rings. The summed E-state index contributed by atoms with van der Waals surface area (Å²) in [7, 11) is 0. The van der Waals surface area contributed by atoms with Crippen molar-refractivity contribution in [2.24, 2.45) is 0 Å². The number of hydrogen-bond donors (Lipinski definition) is 1. The highest BCUT2D eigenvalue weighted by atomic mass is 35.5. The van der Waals surface area contributed by atoms with E-state index >= 15 is 0 Å². The van der Waals surface area contributed by atoms with Crippen LogP contribution >= 0.6 is 23.2 Å². The van der Waals surface area contributed by atoms with Crippen molar-refractivity contribution >= 4 is 23.2 Å². The standard InChI is InChI=1S/C12H14Cl2O/c1-8-10(6-9(13)7-11(8)14)12(15)4-2-3-5-12/h6-7,15H,2-5H2,1H3. The lowest BCUT2D eigenvalue weighted by Gasteiger charge is -2.25. The van der Waals surface area contributed by atoms with E-state index < -0.39 is 5.60 Å². The van der Waals surface area contributed by atoms with Crippen molar-refractivity contribution in [2.75, 3.05) is 0 Å². The summed E-state index contributed by atoms with van der Waals surface area (Å²) in [5.41, 5.74) is 1.14. The Morgan fingerprint density at radius 3 is 2.40 bits per heavy atom. The third-order valence-corrected chi connectivity index (χ3v) is 3.85. The minimum absolute atomic E-state index is 0.598. The van der Waals surface area contributed by atoms with E-state index in [1.165, 1.54) is 0 Å². The number of rotatable bonds is 1. The summed E-state index contributed by atoms with van der Waals surface area (Å²) in [6.45, 7) is 1.93. The zero-order valence-electron chi connectivity index (χ0n) is 8.69. The highest BCUT2D eigenvalue weighted by Gasteiger charge is 2.34. The molecule has 1 N–H and O–H groups in total. The number of aliphatic hydroxyl groups is 1. The quantitative estimate of drug-likeness (QED) is 0.790. The Balaban J connectivity index is 2.51. The molecule has 15 heavy (non-hydrogen) atoms. The second kappa shape index (κ2) is 3.97. The van der Waals surface area contributed by atoms with Gasteiger partial charge in [-0.3, -0.25) is 0 Å². The fourth-order valence-corrected chi connectivity index (χ4v) is 2.85. The van der Waals surface area contributed by atoms with Gasteiger partial charge in [-0.2, -0.15) is 0 Å². The Bertz CT molecular complexity index is 381. The molecule has 0 aromatic heterocycles. The smallest absolute Gasteiger partial charge is 0.0900 e. The maximum absolute atomic E-state index is 10.5. The van der Waals surface area contributed by atoms with Gasteiger partial charge in [-0.05, 0) is 43.0 Å². The maximum atomic E-state index is 10.5. The van der Waals surface area contributed by atoms with Crippen LogP contribution in [0.3, 0.4) is 0 Å². The van der Waals surface area contributed by atoms with Gasteiger partial charge in [0, 0.05) is 10.0 Å². The van der Waals surface area contributed by atoms with Crippen LogP contribution in [0.2, 0.25) is 10.0 Å². The number of hydrogen-bond acceptors (Lipinski definition) is 1. The summed E-state index contributed by atoms with van der Waals surface area (Å²) in [6, 6.07) is 3.56. The summed E-state index contributed by atoms with van der Waals surface area (Å²) >= 11 is 12.0. The van der Waals surface area contributed by atoms with Gasteiger partial charge in [0.1, 0.15) is 0 Å². The molecule has 0 amide bonds. The van der Waals surface area contributed by atoms with Crippen LogP contribution in [0.25, 0.3) is 0 Å². The second-order valence-electron chi connectivity index (χ2n) is 4.30. The maximum Gasteiger partial charge on any atom is 0.0900 e. The van der Waals surface area contributed by atoms with Crippen molar-refractivity contribution in [3.63, 3.8) is 0 Å². The van der Waals surface area contributed by atoms with E-state index in [0.29, 0.717) is 10.0 Å². The lowest BCUT2D eigenvalue weighted by Crippen LogP contribution is -2.22. The molecule has 0 atom stereocenters. The van der Waals surface area contributed by atoms with Crippen molar-refractivity contribution < 1.29 is 5.11 Å². The van der Waals surface area contributed by atoms with Crippen LogP contribution in [0, 0.1) is 6.92 Å². The average Bonchev–Trinajstić information content (AvgIpc) is 2.59. The molecular weight excluding hydrogens is 231 g/mol. The summed E-state index contributed by atoms with van der Waals surface area (Å²) in [6.07, 6.45) is 3.76. The second-order valence-corrected chi connectivity index (χ2v) is 5.14. The zero-order valence-corrected chi connectivity index (χ0v) is 10.2. The molecule has 1 aliphatic rings. The molecule has 1 saturated carbocycles. The lowest BCUT2D eigenvalue weighted by atomic mass is 9.89. The molecule has 1 aliphatic carbocycles. The zero-order chi connectivity index (χ0) is 11.1. The summed E-state index contributed by atoms with van der Waals surface area (Å²) in [5, 5.41) is 11.7. The molecule has 2 rings (SSSR count). The summed E-state index contributed by atoms with van der Waals surface area (Å²) in [5.74, 6) is 0. The molecular formula is C12H14Cl2O. The van der Waals surface area contributed by atoms with Gasteiger partial charge >= 0.3 is 0 Å². The van der Waals surface area contributed by atoms with Gasteiger partial charge in [-0.15, -0.1) is 0 Å². The predicted octanol–water partition coefficient (Wildman–Crippen LogP) is 4.06. The Labute approximate surface area is 100 Å². The van der Waals surface area contributed by atoms with Gasteiger partial charge < -0.3 is 5.11 Å². The first kappa shape index (κ1) is 11.3. The molecule has 0 saturated heterocycles. The van der Waals surface area contributed by atoms with E-state index in [-0.39, 0.29) is 0 Å². The predicted molar refractivity (Wildman–Crippen MR) is 63.6 cm³/mol. The first-order chi connectivity index (χ1) is 7.03. The van der Waals surface area contributed by atoms with Gasteiger partial charge in [-0.25, -0.2) is 0 Å². The van der Waals surface area contributed by atoms with Crippen molar-refractivity contribution in [1.82, 2.24) is 0 Å². The van der Waals surface area contributed by atoms with Crippen LogP contribution in [-0.2, 0) is 5.60 Å². The number of benzene rings is 1. The van der Waals surface area contributed by atoms with Gasteiger partial charge in [-0.1, -0.05) is 36.0 Å². The van der Waals surface area contributed by atoms with E-state index in [1.54, 1.807) is 6.07 Å². The Hall–Kier alpha value is -0.240. The summed E-state index contributed by atoms with van der Waals surface area (Å²) in [4.78, 5) is 0. The van der Waals surface area contributed by atoms with E-state index in [1.807, 2.05) is 13.0 Å². The van der Waals surface area contributed by atoms with E-state index in [2.05, 4.69) is 0 Å². The Kier molecular flexibility index (Phi) is 2.98. The Morgan fingerprint density at radius 2 is 1.80 bits per heavy atom. The van der Waals surface area contributed by atoms with Gasteiger partial charge in [0.15, 0.2) is 0 Å². The first-order valence-electron chi connectivity index (χ1n) is 5.21. The first-order valence-corrected chi connectivity index (χ1v) is 5.97. The molecule has 1 nitrogen and oxygen atoms in total. The highest BCUT2D eigenvalue weighted by molar-refractivity contribution is 6.35. The number of halogens is 2. The van der Waals surface area contributed by atoms with Crippen molar-refractivity contribution in [3.05, 3.63) is 33.3 Å². The monoisotopic (exact) mass is 244 g/mol. The van der Waals surface area contributed by atoms with Gasteiger partial charge in [0.2, 0.25) is 0 Å². The van der Waals surface area contributed by atoms with E-state index in [9.17, 15) is 5.11 Å². The molecule has 1 aromatic carbocycles. The SMILES string of the molecule is Cc1c(Cl)cc(Cl)cc1C1(O)CCCC1.